The molecule has 0 bridgehead atoms. The summed E-state index contributed by atoms with van der Waals surface area (Å²) < 4.78 is 0. The van der Waals surface area contributed by atoms with E-state index in [0.29, 0.717) is 0 Å². The van der Waals surface area contributed by atoms with Gasteiger partial charge in [-0.1, -0.05) is 102 Å². The highest BCUT2D eigenvalue weighted by Crippen LogP contribution is 2.29. The van der Waals surface area contributed by atoms with Crippen LogP contribution in [0.3, 0.4) is 0 Å². The van der Waals surface area contributed by atoms with Gasteiger partial charge in [0.15, 0.2) is 5.69 Å². The summed E-state index contributed by atoms with van der Waals surface area (Å²) >= 11 is 0. The van der Waals surface area contributed by atoms with Crippen LogP contribution in [-0.2, 0) is 28.8 Å². The Labute approximate surface area is 416 Å². The minimum Gasteiger partial charge on any atom is -0.348 e. The number of aromatic amines is 1. The van der Waals surface area contributed by atoms with Crippen molar-refractivity contribution in [3.05, 3.63) is 89.2 Å². The van der Waals surface area contributed by atoms with Crippen LogP contribution in [-0.4, -0.2) is 143 Å². The van der Waals surface area contributed by atoms with Crippen molar-refractivity contribution in [2.24, 2.45) is 10.8 Å². The molecule has 10 atom stereocenters. The first-order valence-electron chi connectivity index (χ1n) is 24.3. The first-order chi connectivity index (χ1) is 33.3. The van der Waals surface area contributed by atoms with Crippen molar-refractivity contribution in [3.63, 3.8) is 0 Å². The number of nitrogens with one attached hydrogen (secondary N) is 9. The maximum Gasteiger partial charge on any atom is 0.272 e. The summed E-state index contributed by atoms with van der Waals surface area (Å²) in [6.45, 7) is 17.8. The third kappa shape index (κ3) is 14.0. The van der Waals surface area contributed by atoms with Gasteiger partial charge in [-0.25, -0.2) is 0 Å². The van der Waals surface area contributed by atoms with Gasteiger partial charge in [0.1, 0.15) is 29.9 Å². The van der Waals surface area contributed by atoms with E-state index < -0.39 is 119 Å². The molecule has 3 aromatic rings. The van der Waals surface area contributed by atoms with Crippen LogP contribution in [0, 0.1) is 10.8 Å². The largest absolute Gasteiger partial charge is 0.348 e. The van der Waals surface area contributed by atoms with Gasteiger partial charge < -0.3 is 52.3 Å². The first kappa shape index (κ1) is 55.3. The van der Waals surface area contributed by atoms with E-state index in [9.17, 15) is 38.4 Å². The molecule has 0 aliphatic carbocycles. The van der Waals surface area contributed by atoms with E-state index in [4.69, 9.17) is 0 Å². The second kappa shape index (κ2) is 23.5. The van der Waals surface area contributed by atoms with E-state index in [1.54, 1.807) is 27.9 Å². The van der Waals surface area contributed by atoms with Gasteiger partial charge in [-0.15, -0.1) is 0 Å². The van der Waals surface area contributed by atoms with Crippen LogP contribution in [0.4, 0.5) is 0 Å². The lowest BCUT2D eigenvalue weighted by atomic mass is 9.85. The van der Waals surface area contributed by atoms with Gasteiger partial charge >= 0.3 is 0 Å². The molecule has 2 fully saturated rings. The number of amides is 8. The number of nitrogens with zero attached hydrogens (tertiary/aromatic N) is 3. The molecule has 0 spiro atoms. The molecule has 2 aliphatic heterocycles. The van der Waals surface area contributed by atoms with Crippen LogP contribution < -0.4 is 42.5 Å². The Morgan fingerprint density at radius 2 is 0.958 bits per heavy atom. The predicted octanol–water partition coefficient (Wildman–Crippen LogP) is 1.84. The lowest BCUT2D eigenvalue weighted by Gasteiger charge is -2.36. The van der Waals surface area contributed by atoms with E-state index in [-0.39, 0.29) is 37.3 Å². The SMILES string of the molecule is CN[C@@H](C)C(=O)N[C@H](C(=O)N1C[C@@H](NC(=O)c2cc(C(=O)N[C@H]3C[C@@H](C(=O)N[C@H](C)c4ccccc4)N(C(=O)[C@@H](NC(=O)[C@H](C)NC)C(C)(C)C)C3)n[nH]2)CC1C(=O)N[C@H](C)c1ccccc1)C(C)(C)C. The van der Waals surface area contributed by atoms with E-state index in [0.717, 1.165) is 11.1 Å². The zero-order valence-electron chi connectivity index (χ0n) is 43.1. The number of rotatable bonds is 18. The van der Waals surface area contributed by atoms with Gasteiger partial charge in [0, 0.05) is 31.2 Å². The molecule has 71 heavy (non-hydrogen) atoms. The molecule has 2 aromatic carbocycles. The summed E-state index contributed by atoms with van der Waals surface area (Å²) in [5.74, 6) is -3.97. The fourth-order valence-electron chi connectivity index (χ4n) is 8.64. The topological polar surface area (TPSA) is 268 Å². The molecule has 1 unspecified atom stereocenters. The molecule has 1 aromatic heterocycles. The number of likely N-dealkylation sites (tertiary alicyclic amines) is 2. The highest BCUT2D eigenvalue weighted by Gasteiger charge is 2.48. The first-order valence-corrected chi connectivity index (χ1v) is 24.3. The smallest absolute Gasteiger partial charge is 0.272 e. The van der Waals surface area contributed by atoms with Gasteiger partial charge in [-0.3, -0.25) is 43.5 Å². The van der Waals surface area contributed by atoms with E-state index in [2.05, 4.69) is 52.7 Å². The molecule has 3 heterocycles. The molecule has 2 aliphatic rings. The molecule has 0 radical (unpaired) electrons. The van der Waals surface area contributed by atoms with Gasteiger partial charge in [0.2, 0.25) is 35.4 Å². The lowest BCUT2D eigenvalue weighted by Crippen LogP contribution is -2.59. The van der Waals surface area contributed by atoms with Gasteiger partial charge in [0.05, 0.1) is 24.2 Å². The molecule has 20 heteroatoms. The van der Waals surface area contributed by atoms with Crippen molar-refractivity contribution in [2.75, 3.05) is 27.2 Å². The van der Waals surface area contributed by atoms with Crippen molar-refractivity contribution in [1.29, 1.82) is 0 Å². The van der Waals surface area contributed by atoms with E-state index >= 15 is 0 Å². The highest BCUT2D eigenvalue weighted by molar-refractivity contribution is 5.99. The van der Waals surface area contributed by atoms with Crippen LogP contribution in [0.2, 0.25) is 0 Å². The Morgan fingerprint density at radius 3 is 1.32 bits per heavy atom. The molecular formula is C51H74N12O8. The molecule has 386 valence electrons. The second-order valence-corrected chi connectivity index (χ2v) is 20.9. The van der Waals surface area contributed by atoms with Crippen molar-refractivity contribution in [2.45, 2.75) is 142 Å². The maximum absolute atomic E-state index is 14.5. The average molecular weight is 983 g/mol. The number of hydrogen-bond donors (Lipinski definition) is 9. The zero-order valence-corrected chi connectivity index (χ0v) is 43.1. The minimum atomic E-state index is -1.02. The Bertz CT molecular complexity index is 2220. The van der Waals surface area contributed by atoms with Crippen LogP contribution in [0.1, 0.15) is 126 Å². The number of H-pyrrole nitrogens is 1. The molecule has 8 amide bonds. The van der Waals surface area contributed by atoms with Crippen LogP contribution in [0.15, 0.2) is 66.7 Å². The van der Waals surface area contributed by atoms with Crippen LogP contribution in [0.5, 0.6) is 0 Å². The van der Waals surface area contributed by atoms with Crippen LogP contribution in [0.25, 0.3) is 0 Å². The van der Waals surface area contributed by atoms with Gasteiger partial charge in [-0.05, 0) is 76.6 Å². The third-order valence-corrected chi connectivity index (χ3v) is 13.3. The minimum absolute atomic E-state index is 0.0460. The number of carbonyl (C=O) groups is 8. The quantitative estimate of drug-likeness (QED) is 0.0888. The fraction of sp³-hybridized carbons (Fsp3) is 0.549. The van der Waals surface area contributed by atoms with Crippen molar-refractivity contribution in [1.82, 2.24) is 62.5 Å². The normalized spacial score (nSPS) is 20.6. The third-order valence-electron chi connectivity index (χ3n) is 13.3. The number of benzene rings is 2. The Kier molecular flexibility index (Phi) is 18.3. The van der Waals surface area contributed by atoms with Crippen molar-refractivity contribution in [3.8, 4) is 0 Å². The maximum atomic E-state index is 14.5. The monoisotopic (exact) mass is 983 g/mol. The molecular weight excluding hydrogens is 909 g/mol. The lowest BCUT2D eigenvalue weighted by molar-refractivity contribution is -0.144. The molecule has 5 rings (SSSR count). The predicted molar refractivity (Wildman–Crippen MR) is 267 cm³/mol. The number of hydrogen-bond acceptors (Lipinski definition) is 11. The Hall–Kier alpha value is -6.67. The summed E-state index contributed by atoms with van der Waals surface area (Å²) in [6, 6.07) is 12.4. The van der Waals surface area contributed by atoms with Crippen molar-refractivity contribution < 1.29 is 38.4 Å². The molecule has 9 N–H and O–H groups in total. The zero-order chi connectivity index (χ0) is 52.5. The summed E-state index contributed by atoms with van der Waals surface area (Å²) in [7, 11) is 3.27. The number of aromatic nitrogens is 2. The second-order valence-electron chi connectivity index (χ2n) is 20.9. The van der Waals surface area contributed by atoms with Crippen LogP contribution >= 0.6 is 0 Å². The summed E-state index contributed by atoms with van der Waals surface area (Å²) in [5, 5.41) is 30.0. The average Bonchev–Trinajstić information content (AvgIpc) is 4.11. The highest BCUT2D eigenvalue weighted by atomic mass is 16.2. The van der Waals surface area contributed by atoms with Gasteiger partial charge in [-0.2, -0.15) is 5.10 Å². The van der Waals surface area contributed by atoms with Gasteiger partial charge in [0.25, 0.3) is 11.8 Å². The Morgan fingerprint density at radius 1 is 0.577 bits per heavy atom. The Balaban J connectivity index is 1.33. The standard InChI is InChI=1S/C51H74N12O8/c1-28(32-19-15-13-16-20-32)54-46(68)38-23-34(26-62(38)48(70)40(50(5,6)7)58-42(64)30(3)52-11)56-44(66)36-25-37(61-60-36)45(67)57-35-24-39(47(69)55-29(2)33-21-17-14-18-22-33)63(27-35)49(71)41(51(8,9)10)59-43(65)31(4)53-12/h13-22,25,28-31,34-35,38-41,52-53H,23-24,26-27H2,1-12H3,(H,54,68)(H,55,69)(H,56,66)(H,57,67)(H,58,64)(H,59,65)(H,60,61)/t28-,29-,30+,31+,34+,35+,38+,39?,40-,41-/m1/s1. The number of carbonyl (C=O) groups excluding carboxylic acids is 8. The molecule has 20 nitrogen and oxygen atoms in total. The fourth-order valence-corrected chi connectivity index (χ4v) is 8.64. The summed E-state index contributed by atoms with van der Waals surface area (Å²) in [4.78, 5) is 114. The number of likely N-dealkylation sites (N-methyl/N-ethyl adjacent to an activating group) is 2. The molecule has 0 saturated carbocycles. The van der Waals surface area contributed by atoms with E-state index in [1.807, 2.05) is 116 Å². The summed E-state index contributed by atoms with van der Waals surface area (Å²) in [5.41, 5.74) is -0.0277. The molecule has 2 saturated heterocycles. The van der Waals surface area contributed by atoms with Crippen molar-refractivity contribution >= 4 is 47.3 Å². The summed E-state index contributed by atoms with van der Waals surface area (Å²) in [6.07, 6.45) is 0.0957. The van der Waals surface area contributed by atoms with E-state index in [1.165, 1.54) is 15.9 Å².